The Morgan fingerprint density at radius 3 is 2.92 bits per heavy atom. The van der Waals surface area contributed by atoms with Crippen molar-refractivity contribution in [2.45, 2.75) is 9.79 Å². The van der Waals surface area contributed by atoms with Crippen LogP contribution in [0, 0.1) is 0 Å². The molecule has 68 valence electrons. The van der Waals surface area contributed by atoms with Crippen molar-refractivity contribution in [3.05, 3.63) is 18.2 Å². The van der Waals surface area contributed by atoms with Crippen molar-refractivity contribution in [3.8, 4) is 0 Å². The van der Waals surface area contributed by atoms with Crippen LogP contribution < -0.4 is 5.32 Å². The number of fused-ring (bicyclic) bond motifs is 1. The molecule has 13 heavy (non-hydrogen) atoms. The van der Waals surface area contributed by atoms with Gasteiger partial charge in [-0.15, -0.1) is 17.0 Å². The Hall–Kier alpha value is -1.01. The first-order chi connectivity index (χ1) is 6.09. The van der Waals surface area contributed by atoms with Crippen LogP contribution in [-0.4, -0.2) is 14.8 Å². The monoisotopic (exact) mass is 214 g/mol. The van der Waals surface area contributed by atoms with Crippen LogP contribution in [0.2, 0.25) is 0 Å². The zero-order valence-electron chi connectivity index (χ0n) is 6.43. The van der Waals surface area contributed by atoms with Gasteiger partial charge >= 0.3 is 0 Å². The molecule has 0 saturated heterocycles. The summed E-state index contributed by atoms with van der Waals surface area (Å²) < 4.78 is 26.1. The van der Waals surface area contributed by atoms with Crippen LogP contribution in [0.15, 0.2) is 32.4 Å². The molecule has 1 aliphatic rings. The molecule has 0 atom stereocenters. The zero-order valence-corrected chi connectivity index (χ0v) is 8.14. The SMILES string of the molecule is O=S1(=O)N=CNc2ccc(S)cc21. The molecule has 0 saturated carbocycles. The third-order valence-electron chi connectivity index (χ3n) is 1.65. The van der Waals surface area contributed by atoms with Gasteiger partial charge < -0.3 is 5.32 Å². The normalized spacial score (nSPS) is 17.6. The fourth-order valence-corrected chi connectivity index (χ4v) is 2.34. The lowest BCUT2D eigenvalue weighted by molar-refractivity contribution is 0.598. The summed E-state index contributed by atoms with van der Waals surface area (Å²) in [4.78, 5) is 0.767. The summed E-state index contributed by atoms with van der Waals surface area (Å²) in [5.74, 6) is 0. The maximum atomic E-state index is 11.4. The van der Waals surface area contributed by atoms with Crippen LogP contribution in [0.4, 0.5) is 5.69 Å². The van der Waals surface area contributed by atoms with Crippen molar-refractivity contribution in [3.63, 3.8) is 0 Å². The van der Waals surface area contributed by atoms with Gasteiger partial charge in [-0.05, 0) is 18.2 Å². The summed E-state index contributed by atoms with van der Waals surface area (Å²) in [5.41, 5.74) is 0.535. The lowest BCUT2D eigenvalue weighted by Crippen LogP contribution is -2.11. The Morgan fingerprint density at radius 1 is 1.38 bits per heavy atom. The summed E-state index contributed by atoms with van der Waals surface area (Å²) in [6.07, 6.45) is 1.16. The highest BCUT2D eigenvalue weighted by molar-refractivity contribution is 7.90. The molecule has 4 nitrogen and oxygen atoms in total. The van der Waals surface area contributed by atoms with E-state index in [2.05, 4.69) is 22.3 Å². The fraction of sp³-hybridized carbons (Fsp3) is 0. The van der Waals surface area contributed by atoms with E-state index in [1.54, 1.807) is 12.1 Å². The number of rotatable bonds is 0. The van der Waals surface area contributed by atoms with Gasteiger partial charge in [-0.1, -0.05) is 0 Å². The van der Waals surface area contributed by atoms with Crippen LogP contribution >= 0.6 is 12.6 Å². The van der Waals surface area contributed by atoms with Gasteiger partial charge in [0.15, 0.2) is 0 Å². The maximum absolute atomic E-state index is 11.4. The molecule has 0 unspecified atom stereocenters. The Kier molecular flexibility index (Phi) is 1.81. The van der Waals surface area contributed by atoms with Crippen LogP contribution in [0.5, 0.6) is 0 Å². The van der Waals surface area contributed by atoms with Gasteiger partial charge in [-0.3, -0.25) is 0 Å². The number of hydrogen-bond donors (Lipinski definition) is 2. The lowest BCUT2D eigenvalue weighted by Gasteiger charge is -2.11. The second-order valence-corrected chi connectivity index (χ2v) is 4.65. The van der Waals surface area contributed by atoms with Gasteiger partial charge in [0.05, 0.1) is 5.69 Å². The minimum absolute atomic E-state index is 0.169. The lowest BCUT2D eigenvalue weighted by atomic mass is 10.3. The first kappa shape index (κ1) is 8.58. The predicted octanol–water partition coefficient (Wildman–Crippen LogP) is 1.12. The van der Waals surface area contributed by atoms with Gasteiger partial charge in [0.2, 0.25) is 0 Å². The highest BCUT2D eigenvalue weighted by Gasteiger charge is 2.20. The van der Waals surface area contributed by atoms with Crippen LogP contribution in [0.3, 0.4) is 0 Å². The van der Waals surface area contributed by atoms with Crippen molar-refractivity contribution in [1.82, 2.24) is 0 Å². The first-order valence-corrected chi connectivity index (χ1v) is 5.37. The van der Waals surface area contributed by atoms with E-state index >= 15 is 0 Å². The number of nitrogens with zero attached hydrogens (tertiary/aromatic N) is 1. The second-order valence-electron chi connectivity index (χ2n) is 2.53. The summed E-state index contributed by atoms with van der Waals surface area (Å²) in [6.45, 7) is 0. The zero-order chi connectivity index (χ0) is 9.47. The molecule has 1 heterocycles. The standard InChI is InChI=1S/C7H6N2O2S2/c10-13(11)7-3-5(12)1-2-6(7)8-4-9-13/h1-4,12H,(H,8,9). The summed E-state index contributed by atoms with van der Waals surface area (Å²) >= 11 is 4.05. The third-order valence-corrected chi connectivity index (χ3v) is 3.21. The van der Waals surface area contributed by atoms with Crippen molar-refractivity contribution < 1.29 is 8.42 Å². The van der Waals surface area contributed by atoms with E-state index in [0.29, 0.717) is 10.6 Å². The Labute approximate surface area is 81.2 Å². The van der Waals surface area contributed by atoms with Gasteiger partial charge in [0.1, 0.15) is 11.2 Å². The molecule has 0 bridgehead atoms. The van der Waals surface area contributed by atoms with E-state index in [9.17, 15) is 8.42 Å². The molecule has 1 aromatic carbocycles. The van der Waals surface area contributed by atoms with E-state index < -0.39 is 10.0 Å². The number of anilines is 1. The number of thiol groups is 1. The van der Waals surface area contributed by atoms with Crippen molar-refractivity contribution in [2.24, 2.45) is 4.40 Å². The van der Waals surface area contributed by atoms with Gasteiger partial charge in [-0.2, -0.15) is 8.42 Å². The Bertz CT molecular complexity index is 479. The topological polar surface area (TPSA) is 58.5 Å². The number of hydrogen-bond acceptors (Lipinski definition) is 4. The van der Waals surface area contributed by atoms with Crippen LogP contribution in [0.1, 0.15) is 0 Å². The summed E-state index contributed by atoms with van der Waals surface area (Å²) in [7, 11) is -3.51. The summed E-state index contributed by atoms with van der Waals surface area (Å²) in [6, 6.07) is 4.83. The van der Waals surface area contributed by atoms with Gasteiger partial charge in [0, 0.05) is 4.90 Å². The number of nitrogens with one attached hydrogen (secondary N) is 1. The van der Waals surface area contributed by atoms with Crippen molar-refractivity contribution >= 4 is 34.7 Å². The second kappa shape index (κ2) is 2.74. The summed E-state index contributed by atoms with van der Waals surface area (Å²) in [5, 5.41) is 2.74. The van der Waals surface area contributed by atoms with Crippen molar-refractivity contribution in [2.75, 3.05) is 5.32 Å². The molecule has 1 aliphatic heterocycles. The predicted molar refractivity (Wildman–Crippen MR) is 53.0 cm³/mol. The van der Waals surface area contributed by atoms with E-state index in [1.807, 2.05) is 0 Å². The first-order valence-electron chi connectivity index (χ1n) is 3.48. The molecule has 0 fully saturated rings. The Morgan fingerprint density at radius 2 is 2.15 bits per heavy atom. The minimum Gasteiger partial charge on any atom is -0.345 e. The molecule has 1 N–H and O–H groups in total. The molecule has 0 spiro atoms. The highest BCUT2D eigenvalue weighted by Crippen LogP contribution is 2.27. The van der Waals surface area contributed by atoms with E-state index in [1.165, 1.54) is 6.07 Å². The van der Waals surface area contributed by atoms with E-state index in [4.69, 9.17) is 0 Å². The minimum atomic E-state index is -3.51. The molecule has 0 aliphatic carbocycles. The average molecular weight is 214 g/mol. The third kappa shape index (κ3) is 1.42. The Balaban J connectivity index is 2.74. The average Bonchev–Trinajstić information content (AvgIpc) is 2.06. The maximum Gasteiger partial charge on any atom is 0.285 e. The molecule has 0 aromatic heterocycles. The molecular weight excluding hydrogens is 208 g/mol. The smallest absolute Gasteiger partial charge is 0.285 e. The van der Waals surface area contributed by atoms with Crippen LogP contribution in [0.25, 0.3) is 0 Å². The van der Waals surface area contributed by atoms with Gasteiger partial charge in [0.25, 0.3) is 10.0 Å². The van der Waals surface area contributed by atoms with E-state index in [-0.39, 0.29) is 4.90 Å². The highest BCUT2D eigenvalue weighted by atomic mass is 32.2. The van der Waals surface area contributed by atoms with Crippen LogP contribution in [-0.2, 0) is 10.0 Å². The molecule has 2 rings (SSSR count). The molecule has 6 heteroatoms. The quantitative estimate of drug-likeness (QED) is 0.636. The molecule has 1 aromatic rings. The van der Waals surface area contributed by atoms with E-state index in [0.717, 1.165) is 6.34 Å². The number of sulfonamides is 1. The van der Waals surface area contributed by atoms with Gasteiger partial charge in [-0.25, -0.2) is 0 Å². The fourth-order valence-electron chi connectivity index (χ4n) is 1.07. The van der Waals surface area contributed by atoms with Crippen molar-refractivity contribution in [1.29, 1.82) is 0 Å². The molecular formula is C7H6N2O2S2. The largest absolute Gasteiger partial charge is 0.345 e. The molecule has 0 radical (unpaired) electrons. The number of benzene rings is 1. The molecule has 0 amide bonds.